The van der Waals surface area contributed by atoms with E-state index in [2.05, 4.69) is 0 Å². The van der Waals surface area contributed by atoms with Crippen LogP contribution < -0.4 is 9.04 Å². The van der Waals surface area contributed by atoms with E-state index in [1.807, 2.05) is 0 Å². The average molecular weight is 462 g/mol. The van der Waals surface area contributed by atoms with Crippen LogP contribution in [0, 0.1) is 0 Å². The number of hydrogen-bond donors (Lipinski definition) is 0. The zero-order chi connectivity index (χ0) is 21.7. The molecule has 0 atom stereocenters. The van der Waals surface area contributed by atoms with Crippen molar-refractivity contribution in [1.29, 1.82) is 0 Å². The number of benzene rings is 3. The Hall–Kier alpha value is -2.80. The van der Waals surface area contributed by atoms with Crippen molar-refractivity contribution >= 4 is 50.9 Å². The number of carbonyl (C=O) groups excluding carboxylic acids is 1. The number of anilines is 1. The Morgan fingerprint density at radius 1 is 0.933 bits per heavy atom. The Morgan fingerprint density at radius 3 is 2.20 bits per heavy atom. The number of ether oxygens (including phenoxy) is 1. The number of rotatable bonds is 6. The Labute approximate surface area is 185 Å². The summed E-state index contributed by atoms with van der Waals surface area (Å²) in [5.74, 6) is -0.204. The van der Waals surface area contributed by atoms with Gasteiger partial charge in [-0.05, 0) is 60.2 Å². The minimum atomic E-state index is -4.15. The Kier molecular flexibility index (Phi) is 6.82. The molecule has 0 spiro atoms. The fraction of sp³-hybridized carbons (Fsp3) is 0.0455. The van der Waals surface area contributed by atoms with Gasteiger partial charge in [-0.15, -0.1) is 0 Å². The predicted octanol–water partition coefficient (Wildman–Crippen LogP) is 5.44. The van der Waals surface area contributed by atoms with Crippen molar-refractivity contribution in [2.24, 2.45) is 0 Å². The van der Waals surface area contributed by atoms with Crippen molar-refractivity contribution in [2.45, 2.75) is 4.90 Å². The highest BCUT2D eigenvalue weighted by molar-refractivity contribution is 7.93. The summed E-state index contributed by atoms with van der Waals surface area (Å²) in [4.78, 5) is 13.0. The van der Waals surface area contributed by atoms with Gasteiger partial charge in [-0.3, -0.25) is 4.79 Å². The van der Waals surface area contributed by atoms with Gasteiger partial charge in [0.05, 0.1) is 27.7 Å². The maximum absolute atomic E-state index is 13.2. The zero-order valence-corrected chi connectivity index (χ0v) is 18.2. The number of nitrogens with zero attached hydrogens (tertiary/aromatic N) is 1. The lowest BCUT2D eigenvalue weighted by Crippen LogP contribution is -2.35. The topological polar surface area (TPSA) is 63.7 Å². The van der Waals surface area contributed by atoms with Crippen molar-refractivity contribution in [3.05, 3.63) is 94.5 Å². The van der Waals surface area contributed by atoms with Gasteiger partial charge in [-0.2, -0.15) is 4.31 Å². The van der Waals surface area contributed by atoms with Crippen LogP contribution in [0.1, 0.15) is 5.56 Å². The largest absolute Gasteiger partial charge is 0.497 e. The normalized spacial score (nSPS) is 11.4. The number of sulfonamides is 1. The van der Waals surface area contributed by atoms with Gasteiger partial charge in [0.1, 0.15) is 5.75 Å². The minimum Gasteiger partial charge on any atom is -0.497 e. The summed E-state index contributed by atoms with van der Waals surface area (Å²) in [6, 6.07) is 18.8. The van der Waals surface area contributed by atoms with E-state index in [9.17, 15) is 13.2 Å². The monoisotopic (exact) mass is 461 g/mol. The summed E-state index contributed by atoms with van der Waals surface area (Å²) in [5.41, 5.74) is 0.785. The van der Waals surface area contributed by atoms with Crippen LogP contribution in [-0.4, -0.2) is 21.4 Å². The molecule has 0 bridgehead atoms. The second kappa shape index (κ2) is 9.34. The Bertz CT molecular complexity index is 1180. The molecule has 0 unspecified atom stereocenters. The first-order chi connectivity index (χ1) is 14.3. The molecule has 0 saturated heterocycles. The fourth-order valence-corrected chi connectivity index (χ4v) is 4.37. The van der Waals surface area contributed by atoms with Crippen molar-refractivity contribution in [2.75, 3.05) is 11.4 Å². The van der Waals surface area contributed by atoms with Crippen LogP contribution >= 0.6 is 23.2 Å². The summed E-state index contributed by atoms with van der Waals surface area (Å²) < 4.78 is 32.3. The van der Waals surface area contributed by atoms with E-state index in [1.54, 1.807) is 48.5 Å². The van der Waals surface area contributed by atoms with E-state index in [4.69, 9.17) is 27.9 Å². The number of carbonyl (C=O) groups is 1. The number of methoxy groups -OCH3 is 1. The van der Waals surface area contributed by atoms with Crippen LogP contribution in [0.15, 0.2) is 83.8 Å². The summed E-state index contributed by atoms with van der Waals surface area (Å²) >= 11 is 11.9. The van der Waals surface area contributed by atoms with E-state index < -0.39 is 15.9 Å². The molecule has 0 aliphatic rings. The molecule has 0 heterocycles. The summed E-state index contributed by atoms with van der Waals surface area (Å²) in [7, 11) is -2.65. The molecule has 154 valence electrons. The van der Waals surface area contributed by atoms with Crippen molar-refractivity contribution in [3.63, 3.8) is 0 Å². The second-order valence-corrected chi connectivity index (χ2v) is 8.73. The zero-order valence-electron chi connectivity index (χ0n) is 15.8. The van der Waals surface area contributed by atoms with E-state index >= 15 is 0 Å². The number of hydrogen-bond acceptors (Lipinski definition) is 4. The standard InChI is InChI=1S/C22H17Cl2NO4S/c1-29-18-11-9-17(10-12-18)25(30(27,28)19-5-3-2-4-6-19)22(26)14-8-16-7-13-20(23)21(24)15-16/h2-15H,1H3/b14-8+. The van der Waals surface area contributed by atoms with E-state index in [1.165, 1.54) is 43.5 Å². The van der Waals surface area contributed by atoms with Crippen LogP contribution in [0.4, 0.5) is 5.69 Å². The average Bonchev–Trinajstić information content (AvgIpc) is 2.75. The highest BCUT2D eigenvalue weighted by Gasteiger charge is 2.29. The molecule has 5 nitrogen and oxygen atoms in total. The van der Waals surface area contributed by atoms with Crippen molar-refractivity contribution in [1.82, 2.24) is 0 Å². The summed E-state index contributed by atoms with van der Waals surface area (Å²) in [6.45, 7) is 0. The third kappa shape index (κ3) is 4.84. The van der Waals surface area contributed by atoms with Crippen LogP contribution in [0.3, 0.4) is 0 Å². The number of amides is 1. The van der Waals surface area contributed by atoms with Gasteiger partial charge in [0.15, 0.2) is 0 Å². The van der Waals surface area contributed by atoms with Crippen molar-refractivity contribution < 1.29 is 17.9 Å². The summed E-state index contributed by atoms with van der Waals surface area (Å²) in [6.07, 6.45) is 2.64. The van der Waals surface area contributed by atoms with Gasteiger partial charge >= 0.3 is 0 Å². The molecule has 3 rings (SSSR count). The first kappa shape index (κ1) is 21.9. The molecule has 8 heteroatoms. The fourth-order valence-electron chi connectivity index (χ4n) is 2.65. The second-order valence-electron chi connectivity index (χ2n) is 6.13. The van der Waals surface area contributed by atoms with Crippen LogP contribution in [0.5, 0.6) is 5.75 Å². The molecule has 0 saturated carbocycles. The molecule has 0 N–H and O–H groups in total. The third-order valence-electron chi connectivity index (χ3n) is 4.15. The Balaban J connectivity index is 2.02. The van der Waals surface area contributed by atoms with Crippen LogP contribution in [0.2, 0.25) is 10.0 Å². The summed E-state index contributed by atoms with van der Waals surface area (Å²) in [5, 5.41) is 0.710. The van der Waals surface area contributed by atoms with Gasteiger partial charge < -0.3 is 4.74 Å². The van der Waals surface area contributed by atoms with Gasteiger partial charge in [-0.1, -0.05) is 47.5 Å². The highest BCUT2D eigenvalue weighted by atomic mass is 35.5. The van der Waals surface area contributed by atoms with Gasteiger partial charge in [-0.25, -0.2) is 8.42 Å². The van der Waals surface area contributed by atoms with Crippen LogP contribution in [0.25, 0.3) is 6.08 Å². The lowest BCUT2D eigenvalue weighted by atomic mass is 10.2. The predicted molar refractivity (Wildman–Crippen MR) is 120 cm³/mol. The van der Waals surface area contributed by atoms with Crippen LogP contribution in [-0.2, 0) is 14.8 Å². The van der Waals surface area contributed by atoms with Gasteiger partial charge in [0.25, 0.3) is 15.9 Å². The lowest BCUT2D eigenvalue weighted by Gasteiger charge is -2.21. The molecule has 3 aromatic carbocycles. The molecule has 3 aromatic rings. The SMILES string of the molecule is COc1ccc(N(C(=O)/C=C/c2ccc(Cl)c(Cl)c2)S(=O)(=O)c2ccccc2)cc1. The molecule has 0 aromatic heterocycles. The highest BCUT2D eigenvalue weighted by Crippen LogP contribution is 2.27. The number of halogens is 2. The molecule has 0 radical (unpaired) electrons. The molecule has 0 aliphatic carbocycles. The maximum Gasteiger partial charge on any atom is 0.271 e. The minimum absolute atomic E-state index is 0.00268. The molecule has 30 heavy (non-hydrogen) atoms. The first-order valence-electron chi connectivity index (χ1n) is 8.74. The molecular weight excluding hydrogens is 445 g/mol. The molecule has 1 amide bonds. The van der Waals surface area contributed by atoms with Crippen molar-refractivity contribution in [3.8, 4) is 5.75 Å². The van der Waals surface area contributed by atoms with Gasteiger partial charge in [0.2, 0.25) is 0 Å². The first-order valence-corrected chi connectivity index (χ1v) is 10.9. The molecular formula is C22H17Cl2NO4S. The third-order valence-corrected chi connectivity index (χ3v) is 6.63. The molecule has 0 fully saturated rings. The van der Waals surface area contributed by atoms with E-state index in [0.29, 0.717) is 21.4 Å². The lowest BCUT2D eigenvalue weighted by molar-refractivity contribution is -0.113. The Morgan fingerprint density at radius 2 is 1.60 bits per heavy atom. The maximum atomic E-state index is 13.2. The smallest absolute Gasteiger partial charge is 0.271 e. The quantitative estimate of drug-likeness (QED) is 0.458. The van der Waals surface area contributed by atoms with E-state index in [-0.39, 0.29) is 10.6 Å². The van der Waals surface area contributed by atoms with E-state index in [0.717, 1.165) is 4.31 Å². The molecule has 0 aliphatic heterocycles. The van der Waals surface area contributed by atoms with Gasteiger partial charge in [0, 0.05) is 6.08 Å².